The van der Waals surface area contributed by atoms with Crippen molar-refractivity contribution >= 4 is 11.1 Å². The van der Waals surface area contributed by atoms with Gasteiger partial charge in [0, 0.05) is 0 Å². The van der Waals surface area contributed by atoms with Crippen molar-refractivity contribution in [2.24, 2.45) is 11.8 Å². The molecule has 2 atom stereocenters. The molecule has 0 amide bonds. The highest BCUT2D eigenvalue weighted by molar-refractivity contribution is 5.86. The molecule has 0 N–H and O–H groups in total. The predicted octanol–water partition coefficient (Wildman–Crippen LogP) is 19.7. The van der Waals surface area contributed by atoms with E-state index in [1.54, 1.807) is 5.57 Å². The third kappa shape index (κ3) is 10.6. The highest BCUT2D eigenvalue weighted by atomic mass is 14.3. The van der Waals surface area contributed by atoms with E-state index in [-0.39, 0.29) is 0 Å². The smallest absolute Gasteiger partial charge is 0.0143 e. The van der Waals surface area contributed by atoms with Crippen molar-refractivity contribution in [3.05, 3.63) is 228 Å². The number of allylic oxidation sites excluding steroid dienone is 10. The van der Waals surface area contributed by atoms with E-state index in [0.717, 1.165) is 32.1 Å². The van der Waals surface area contributed by atoms with Crippen molar-refractivity contribution in [1.82, 2.24) is 0 Å². The lowest BCUT2D eigenvalue weighted by molar-refractivity contribution is 0.544. The SMILES string of the molecule is C\C=C/C(C)=C(\C=C/CC)c1cc(-c2cccc(-c3cccc(-c4cccc(-c5cccc(-c6cccc(-c7ccc(C)c(C8=C(C(C)CC)C(C)CC=C8)c7)c6)c5)c4)c3)c2)ccc1CCC. The molecule has 0 heteroatoms. The second-order valence-corrected chi connectivity index (χ2v) is 18.7. The molecule has 336 valence electrons. The zero-order chi connectivity index (χ0) is 46.9. The highest BCUT2D eigenvalue weighted by Gasteiger charge is 2.23. The Kier molecular flexibility index (Phi) is 15.1. The summed E-state index contributed by atoms with van der Waals surface area (Å²) in [4.78, 5) is 0. The quantitative estimate of drug-likeness (QED) is 0.0901. The van der Waals surface area contributed by atoms with Crippen LogP contribution in [0.2, 0.25) is 0 Å². The lowest BCUT2D eigenvalue weighted by Crippen LogP contribution is -2.13. The molecule has 0 bridgehead atoms. The van der Waals surface area contributed by atoms with Gasteiger partial charge in [-0.3, -0.25) is 0 Å². The van der Waals surface area contributed by atoms with Gasteiger partial charge in [-0.05, 0) is 206 Å². The van der Waals surface area contributed by atoms with Crippen LogP contribution in [0.3, 0.4) is 0 Å². The van der Waals surface area contributed by atoms with Gasteiger partial charge in [-0.25, -0.2) is 0 Å². The van der Waals surface area contributed by atoms with Crippen LogP contribution in [0.4, 0.5) is 0 Å². The molecule has 0 aromatic heterocycles. The van der Waals surface area contributed by atoms with Crippen molar-refractivity contribution in [3.63, 3.8) is 0 Å². The van der Waals surface area contributed by atoms with Crippen molar-refractivity contribution in [3.8, 4) is 66.8 Å². The molecule has 7 aromatic rings. The van der Waals surface area contributed by atoms with Crippen LogP contribution in [0.5, 0.6) is 0 Å². The predicted molar refractivity (Wildman–Crippen MR) is 294 cm³/mol. The summed E-state index contributed by atoms with van der Waals surface area (Å²) in [6, 6.07) is 59.3. The van der Waals surface area contributed by atoms with Gasteiger partial charge in [0.1, 0.15) is 0 Å². The molecule has 67 heavy (non-hydrogen) atoms. The largest absolute Gasteiger partial charge is 0.0874 e. The standard InChI is InChI=1S/C67H68/c1-9-13-33-63(47(6)20-10-2)66-45-62(38-37-50(66)21-11-3)60-32-19-30-58(43-60)56-28-17-26-54(41-56)52-24-15-23-51(39-52)53-25-16-27-55(40-53)57-29-18-31-59(42-57)61-36-35-48(7)65(44-61)64-34-14-22-49(8)67(64)46(5)12-4/h10,13-20,23-46,49H,9,11-12,21-22H2,1-8H3/b20-10-,33-13-,63-47+. The minimum atomic E-state index is 0.569. The van der Waals surface area contributed by atoms with Crippen molar-refractivity contribution < 1.29 is 0 Å². The number of rotatable bonds is 15. The van der Waals surface area contributed by atoms with Crippen LogP contribution in [-0.4, -0.2) is 0 Å². The van der Waals surface area contributed by atoms with Crippen LogP contribution in [0.25, 0.3) is 77.9 Å². The first-order chi connectivity index (χ1) is 32.7. The Hall–Kier alpha value is -6.76. The Labute approximate surface area is 402 Å². The average molecular weight is 873 g/mol. The molecular weight excluding hydrogens is 805 g/mol. The lowest BCUT2D eigenvalue weighted by atomic mass is 9.77. The van der Waals surface area contributed by atoms with Gasteiger partial charge in [0.25, 0.3) is 0 Å². The van der Waals surface area contributed by atoms with E-state index in [9.17, 15) is 0 Å². The molecule has 0 heterocycles. The molecule has 0 fully saturated rings. The molecule has 0 radical (unpaired) electrons. The van der Waals surface area contributed by atoms with Crippen LogP contribution >= 0.6 is 0 Å². The maximum absolute atomic E-state index is 2.43. The lowest BCUT2D eigenvalue weighted by Gasteiger charge is -2.28. The second-order valence-electron chi connectivity index (χ2n) is 18.7. The van der Waals surface area contributed by atoms with Gasteiger partial charge in [-0.15, -0.1) is 0 Å². The topological polar surface area (TPSA) is 0 Å². The summed E-state index contributed by atoms with van der Waals surface area (Å²) in [5.41, 5.74) is 25.7. The summed E-state index contributed by atoms with van der Waals surface area (Å²) in [6.45, 7) is 18.2. The van der Waals surface area contributed by atoms with Crippen molar-refractivity contribution in [2.75, 3.05) is 0 Å². The summed E-state index contributed by atoms with van der Waals surface area (Å²) >= 11 is 0. The monoisotopic (exact) mass is 873 g/mol. The average Bonchev–Trinajstić information content (AvgIpc) is 3.37. The molecule has 0 saturated heterocycles. The van der Waals surface area contributed by atoms with Gasteiger partial charge in [0.05, 0.1) is 0 Å². The van der Waals surface area contributed by atoms with Gasteiger partial charge in [0.2, 0.25) is 0 Å². The second kappa shape index (κ2) is 21.7. The molecule has 2 unspecified atom stereocenters. The van der Waals surface area contributed by atoms with Gasteiger partial charge >= 0.3 is 0 Å². The fraction of sp³-hybridized carbons (Fsp3) is 0.224. The van der Waals surface area contributed by atoms with Crippen LogP contribution in [0.15, 0.2) is 205 Å². The van der Waals surface area contributed by atoms with Crippen LogP contribution < -0.4 is 0 Å². The summed E-state index contributed by atoms with van der Waals surface area (Å²) in [5.74, 6) is 1.14. The molecule has 1 aliphatic carbocycles. The molecule has 0 saturated carbocycles. The van der Waals surface area contributed by atoms with Crippen LogP contribution in [-0.2, 0) is 6.42 Å². The maximum atomic E-state index is 2.43. The van der Waals surface area contributed by atoms with Gasteiger partial charge in [-0.2, -0.15) is 0 Å². The fourth-order valence-corrected chi connectivity index (χ4v) is 10.1. The summed E-state index contributed by atoms with van der Waals surface area (Å²) in [7, 11) is 0. The van der Waals surface area contributed by atoms with E-state index in [0.29, 0.717) is 11.8 Å². The first-order valence-corrected chi connectivity index (χ1v) is 24.9. The third-order valence-corrected chi connectivity index (χ3v) is 13.9. The highest BCUT2D eigenvalue weighted by Crippen LogP contribution is 2.41. The Morgan fingerprint density at radius 1 is 0.582 bits per heavy atom. The molecule has 8 rings (SSSR count). The first kappa shape index (κ1) is 46.8. The zero-order valence-corrected chi connectivity index (χ0v) is 41.2. The molecule has 1 aliphatic rings. The number of aryl methyl sites for hydroxylation is 2. The van der Waals surface area contributed by atoms with Crippen molar-refractivity contribution in [1.29, 1.82) is 0 Å². The zero-order valence-electron chi connectivity index (χ0n) is 41.2. The molecule has 0 aliphatic heterocycles. The van der Waals surface area contributed by atoms with Gasteiger partial charge < -0.3 is 0 Å². The van der Waals surface area contributed by atoms with E-state index < -0.39 is 0 Å². The summed E-state index contributed by atoms with van der Waals surface area (Å²) in [5, 5.41) is 0. The van der Waals surface area contributed by atoms with E-state index in [1.165, 1.54) is 106 Å². The first-order valence-electron chi connectivity index (χ1n) is 24.9. The van der Waals surface area contributed by atoms with Gasteiger partial charge in [0.15, 0.2) is 0 Å². The summed E-state index contributed by atoms with van der Waals surface area (Å²) < 4.78 is 0. The Bertz CT molecular complexity index is 3030. The van der Waals surface area contributed by atoms with Crippen LogP contribution in [0.1, 0.15) is 96.4 Å². The molecule has 0 nitrogen and oxygen atoms in total. The van der Waals surface area contributed by atoms with E-state index in [1.807, 2.05) is 0 Å². The molecule has 7 aromatic carbocycles. The molecule has 0 spiro atoms. The molecular formula is C67H68. The summed E-state index contributed by atoms with van der Waals surface area (Å²) in [6.07, 6.45) is 19.2. The van der Waals surface area contributed by atoms with Gasteiger partial charge in [-0.1, -0.05) is 198 Å². The number of hydrogen-bond acceptors (Lipinski definition) is 0. The Balaban J connectivity index is 1.07. The Morgan fingerprint density at radius 2 is 1.03 bits per heavy atom. The normalized spacial score (nSPS) is 14.8. The van der Waals surface area contributed by atoms with Crippen molar-refractivity contribution in [2.45, 2.75) is 87.5 Å². The van der Waals surface area contributed by atoms with E-state index >= 15 is 0 Å². The number of hydrogen-bond donors (Lipinski definition) is 0. The fourth-order valence-electron chi connectivity index (χ4n) is 10.1. The minimum Gasteiger partial charge on any atom is -0.0874 e. The minimum absolute atomic E-state index is 0.569. The maximum Gasteiger partial charge on any atom is -0.0143 e. The van der Waals surface area contributed by atoms with E-state index in [2.05, 4.69) is 250 Å². The van der Waals surface area contributed by atoms with E-state index in [4.69, 9.17) is 0 Å². The Morgan fingerprint density at radius 3 is 1.46 bits per heavy atom. The van der Waals surface area contributed by atoms with Crippen LogP contribution in [0, 0.1) is 18.8 Å². The number of benzene rings is 7. The third-order valence-electron chi connectivity index (χ3n) is 13.9.